The number of rotatable bonds is 11. The number of hydrogen-bond acceptors (Lipinski definition) is 4. The molecule has 1 N–H and O–H groups in total. The molecule has 0 aromatic heterocycles. The summed E-state index contributed by atoms with van der Waals surface area (Å²) in [6, 6.07) is 8.81. The Morgan fingerprint density at radius 2 is 1.74 bits per heavy atom. The maximum absolute atomic E-state index is 13.7. The van der Waals surface area contributed by atoms with Crippen LogP contribution in [-0.2, 0) is 26.2 Å². The minimum Gasteiger partial charge on any atom is -0.352 e. The normalized spacial score (nSPS) is 12.3. The van der Waals surface area contributed by atoms with Gasteiger partial charge >= 0.3 is 0 Å². The number of benzene rings is 2. The van der Waals surface area contributed by atoms with Crippen LogP contribution in [0.1, 0.15) is 39.2 Å². The highest BCUT2D eigenvalue weighted by Crippen LogP contribution is 2.22. The van der Waals surface area contributed by atoms with E-state index in [0.29, 0.717) is 5.02 Å². The Morgan fingerprint density at radius 1 is 1.06 bits per heavy atom. The monoisotopic (exact) mass is 529 g/mol. The number of carbonyl (C=O) groups is 2. The van der Waals surface area contributed by atoms with E-state index in [9.17, 15) is 26.8 Å². The first-order valence-corrected chi connectivity index (χ1v) is 13.3. The number of amides is 2. The van der Waals surface area contributed by atoms with Crippen LogP contribution in [0.4, 0.5) is 14.5 Å². The molecule has 35 heavy (non-hydrogen) atoms. The van der Waals surface area contributed by atoms with Crippen LogP contribution in [0, 0.1) is 11.6 Å². The summed E-state index contributed by atoms with van der Waals surface area (Å²) in [6.45, 7) is 5.24. The lowest BCUT2D eigenvalue weighted by atomic mass is 10.1. The summed E-state index contributed by atoms with van der Waals surface area (Å²) >= 11 is 6.06. The third-order valence-electron chi connectivity index (χ3n) is 5.18. The number of nitrogens with one attached hydrogen (secondary N) is 1. The highest BCUT2D eigenvalue weighted by Gasteiger charge is 2.27. The van der Waals surface area contributed by atoms with Gasteiger partial charge in [0.2, 0.25) is 21.8 Å². The molecule has 0 spiro atoms. The molecule has 0 heterocycles. The summed E-state index contributed by atoms with van der Waals surface area (Å²) in [5, 5.41) is 3.28. The zero-order valence-electron chi connectivity index (χ0n) is 20.1. The zero-order valence-corrected chi connectivity index (χ0v) is 21.7. The summed E-state index contributed by atoms with van der Waals surface area (Å²) < 4.78 is 52.4. The number of hydrogen-bond donors (Lipinski definition) is 1. The third-order valence-corrected chi connectivity index (χ3v) is 6.61. The minimum atomic E-state index is -3.82. The number of sulfonamides is 1. The zero-order chi connectivity index (χ0) is 26.3. The second-order valence-electron chi connectivity index (χ2n) is 8.53. The van der Waals surface area contributed by atoms with Gasteiger partial charge in [-0.05, 0) is 57.0 Å². The van der Waals surface area contributed by atoms with Gasteiger partial charge in [-0.25, -0.2) is 17.2 Å². The van der Waals surface area contributed by atoms with E-state index in [1.54, 1.807) is 31.2 Å². The van der Waals surface area contributed by atoms with Crippen molar-refractivity contribution in [2.45, 2.75) is 52.2 Å². The van der Waals surface area contributed by atoms with Gasteiger partial charge in [0.1, 0.15) is 6.04 Å². The van der Waals surface area contributed by atoms with Crippen molar-refractivity contribution in [1.82, 2.24) is 10.2 Å². The van der Waals surface area contributed by atoms with Crippen molar-refractivity contribution in [3.05, 3.63) is 64.7 Å². The topological polar surface area (TPSA) is 86.8 Å². The molecule has 0 radical (unpaired) electrons. The fraction of sp³-hybridized carbons (Fsp3) is 0.417. The summed E-state index contributed by atoms with van der Waals surface area (Å²) in [6.07, 6.45) is 0.963. The van der Waals surface area contributed by atoms with Crippen molar-refractivity contribution < 1.29 is 26.8 Å². The Hall–Kier alpha value is -2.72. The fourth-order valence-electron chi connectivity index (χ4n) is 3.46. The van der Waals surface area contributed by atoms with Crippen molar-refractivity contribution in [2.24, 2.45) is 0 Å². The van der Waals surface area contributed by atoms with E-state index in [-0.39, 0.29) is 49.5 Å². The smallest absolute Gasteiger partial charge is 0.242 e. The second kappa shape index (κ2) is 12.3. The van der Waals surface area contributed by atoms with Crippen LogP contribution < -0.4 is 9.62 Å². The molecule has 192 valence electrons. The number of halogens is 3. The Morgan fingerprint density at radius 3 is 2.31 bits per heavy atom. The van der Waals surface area contributed by atoms with E-state index in [2.05, 4.69) is 5.32 Å². The minimum absolute atomic E-state index is 0.0423. The Kier molecular flexibility index (Phi) is 10.0. The van der Waals surface area contributed by atoms with Crippen LogP contribution >= 0.6 is 11.6 Å². The quantitative estimate of drug-likeness (QED) is 0.474. The van der Waals surface area contributed by atoms with Gasteiger partial charge in [0.25, 0.3) is 0 Å². The maximum atomic E-state index is 13.7. The van der Waals surface area contributed by atoms with E-state index < -0.39 is 27.7 Å². The van der Waals surface area contributed by atoms with Gasteiger partial charge in [-0.15, -0.1) is 0 Å². The summed E-state index contributed by atoms with van der Waals surface area (Å²) in [4.78, 5) is 27.2. The molecule has 0 aliphatic heterocycles. The lowest BCUT2D eigenvalue weighted by molar-refractivity contribution is -0.140. The van der Waals surface area contributed by atoms with Gasteiger partial charge < -0.3 is 10.2 Å². The van der Waals surface area contributed by atoms with Crippen LogP contribution in [-0.4, -0.2) is 50.0 Å². The highest BCUT2D eigenvalue weighted by molar-refractivity contribution is 7.92. The average molecular weight is 530 g/mol. The lowest BCUT2D eigenvalue weighted by Crippen LogP contribution is -2.49. The fourth-order valence-corrected chi connectivity index (χ4v) is 4.63. The maximum Gasteiger partial charge on any atom is 0.242 e. The average Bonchev–Trinajstić information content (AvgIpc) is 2.75. The van der Waals surface area contributed by atoms with Crippen molar-refractivity contribution in [1.29, 1.82) is 0 Å². The highest BCUT2D eigenvalue weighted by atomic mass is 35.5. The molecule has 1 unspecified atom stereocenters. The number of anilines is 1. The van der Waals surface area contributed by atoms with Crippen LogP contribution in [0.5, 0.6) is 0 Å². The van der Waals surface area contributed by atoms with Gasteiger partial charge in [-0.2, -0.15) is 0 Å². The first-order chi connectivity index (χ1) is 16.3. The molecule has 0 fully saturated rings. The Bertz CT molecular complexity index is 1160. The largest absolute Gasteiger partial charge is 0.352 e. The van der Waals surface area contributed by atoms with E-state index in [0.717, 1.165) is 34.3 Å². The van der Waals surface area contributed by atoms with E-state index in [1.807, 2.05) is 13.8 Å². The van der Waals surface area contributed by atoms with Crippen LogP contribution in [0.25, 0.3) is 0 Å². The molecule has 2 rings (SSSR count). The first-order valence-electron chi connectivity index (χ1n) is 11.1. The molecule has 2 aromatic carbocycles. The van der Waals surface area contributed by atoms with Crippen LogP contribution in [0.2, 0.25) is 5.02 Å². The lowest BCUT2D eigenvalue weighted by Gasteiger charge is -2.30. The van der Waals surface area contributed by atoms with Crippen molar-refractivity contribution in [3.63, 3.8) is 0 Å². The van der Waals surface area contributed by atoms with Gasteiger partial charge in [0, 0.05) is 36.6 Å². The van der Waals surface area contributed by atoms with Crippen LogP contribution in [0.3, 0.4) is 0 Å². The number of nitrogens with zero attached hydrogens (tertiary/aromatic N) is 2. The molecule has 7 nitrogen and oxygen atoms in total. The Labute approximate surface area is 210 Å². The van der Waals surface area contributed by atoms with Crippen molar-refractivity contribution in [2.75, 3.05) is 17.1 Å². The standard InChI is InChI=1S/C24H30ClF2N3O4S/c1-16(2)28-24(32)17(3)29(15-18-7-5-8-19(25)13-18)23(31)9-6-12-30(35(4,33)34)20-10-11-21(26)22(27)14-20/h5,7-8,10-11,13-14,16-17H,6,9,12,15H2,1-4H3,(H,28,32). The SMILES string of the molecule is CC(C)NC(=O)C(C)N(Cc1cccc(Cl)c1)C(=O)CCCN(c1ccc(F)c(F)c1)S(C)(=O)=O. The van der Waals surface area contributed by atoms with Gasteiger partial charge in [-0.3, -0.25) is 13.9 Å². The van der Waals surface area contributed by atoms with Gasteiger partial charge in [-0.1, -0.05) is 23.7 Å². The third kappa shape index (κ3) is 8.47. The summed E-state index contributed by atoms with van der Waals surface area (Å²) in [7, 11) is -3.82. The van der Waals surface area contributed by atoms with Gasteiger partial charge in [0.15, 0.2) is 11.6 Å². The molecular formula is C24H30ClF2N3O4S. The summed E-state index contributed by atoms with van der Waals surface area (Å²) in [5.74, 6) is -2.96. The molecule has 0 saturated carbocycles. The van der Waals surface area contributed by atoms with E-state index >= 15 is 0 Å². The van der Waals surface area contributed by atoms with Crippen molar-refractivity contribution >= 4 is 39.1 Å². The molecule has 2 amide bonds. The van der Waals surface area contributed by atoms with E-state index in [1.165, 1.54) is 4.90 Å². The first kappa shape index (κ1) is 28.5. The van der Waals surface area contributed by atoms with E-state index in [4.69, 9.17) is 11.6 Å². The molecule has 0 saturated heterocycles. The molecular weight excluding hydrogens is 500 g/mol. The molecule has 11 heteroatoms. The predicted octanol–water partition coefficient (Wildman–Crippen LogP) is 4.11. The molecule has 0 aliphatic rings. The van der Waals surface area contributed by atoms with Gasteiger partial charge in [0.05, 0.1) is 11.9 Å². The van der Waals surface area contributed by atoms with Crippen LogP contribution in [0.15, 0.2) is 42.5 Å². The second-order valence-corrected chi connectivity index (χ2v) is 10.9. The Balaban J connectivity index is 2.19. The molecule has 0 bridgehead atoms. The molecule has 1 atom stereocenters. The predicted molar refractivity (Wildman–Crippen MR) is 133 cm³/mol. The number of carbonyl (C=O) groups excluding carboxylic acids is 2. The molecule has 2 aromatic rings. The van der Waals surface area contributed by atoms with Crippen molar-refractivity contribution in [3.8, 4) is 0 Å². The summed E-state index contributed by atoms with van der Waals surface area (Å²) in [5.41, 5.74) is 0.689. The molecule has 0 aliphatic carbocycles.